The minimum atomic E-state index is -4.71. The Morgan fingerprint density at radius 2 is 1.01 bits per heavy atom. The molecule has 0 aliphatic rings. The number of unbranched alkanes of at least 4 members (excludes halogenated alkanes) is 19. The number of hydrogen-bond donors (Lipinski definition) is 1. The summed E-state index contributed by atoms with van der Waals surface area (Å²) < 4.78 is 30.1. The van der Waals surface area contributed by atoms with E-state index in [0.717, 1.165) is 83.5 Å². The number of phosphoric acid groups is 1. The van der Waals surface area contributed by atoms with Gasteiger partial charge in [-0.25, -0.2) is 0 Å². The summed E-state index contributed by atoms with van der Waals surface area (Å²) >= 11 is 0. The summed E-state index contributed by atoms with van der Waals surface area (Å²) in [5.74, 6) is -0.614. The zero-order valence-electron chi connectivity index (χ0n) is 44.0. The van der Waals surface area contributed by atoms with Crippen molar-refractivity contribution >= 4 is 19.7 Å². The number of likely N-dealkylation sites (N-methyl/N-ethyl adjacent to an activating group) is 1. The molecule has 0 radical (unpaired) electrons. The third-order valence-corrected chi connectivity index (χ3v) is 12.1. The summed E-state index contributed by atoms with van der Waals surface area (Å²) in [6, 6.07) is -0.920. The van der Waals surface area contributed by atoms with Crippen LogP contribution in [0.25, 0.3) is 0 Å². The Labute approximate surface area is 417 Å². The zero-order valence-corrected chi connectivity index (χ0v) is 44.9. The molecule has 0 saturated carbocycles. The minimum absolute atomic E-state index is 0.0390. The largest absolute Gasteiger partial charge is 0.756 e. The second kappa shape index (κ2) is 47.4. The molecular formula is C58H99N2O7P. The van der Waals surface area contributed by atoms with Crippen molar-refractivity contribution in [3.05, 3.63) is 109 Å². The quantitative estimate of drug-likeness (QED) is 0.0161. The van der Waals surface area contributed by atoms with Crippen molar-refractivity contribution in [2.24, 2.45) is 0 Å². The van der Waals surface area contributed by atoms with Gasteiger partial charge in [-0.15, -0.1) is 0 Å². The number of amides is 1. The van der Waals surface area contributed by atoms with Crippen LogP contribution in [0.15, 0.2) is 109 Å². The number of carbonyl (C=O) groups is 2. The van der Waals surface area contributed by atoms with Crippen molar-refractivity contribution in [1.29, 1.82) is 0 Å². The fraction of sp³-hybridized carbons (Fsp3) is 0.655. The molecule has 388 valence electrons. The molecule has 0 aromatic rings. The van der Waals surface area contributed by atoms with Crippen LogP contribution in [-0.2, 0) is 27.9 Å². The molecule has 0 fully saturated rings. The lowest BCUT2D eigenvalue weighted by Gasteiger charge is -2.30. The first-order valence-electron chi connectivity index (χ1n) is 26.8. The van der Waals surface area contributed by atoms with E-state index in [4.69, 9.17) is 13.8 Å². The molecule has 0 bridgehead atoms. The standard InChI is InChI=1S/C58H99N2O7P/c1-7-10-13-16-19-22-25-27-29-30-31-32-35-38-41-44-47-50-57(61)59-55(54-66-68(63,64)65-53-52-60(4,5)6)56(49-46-43-40-37-34-24-21-18-15-12-9-3)67-58(62)51-48-45-42-39-36-33-28-26-23-20-17-14-11-8-2/h10-11,13-14,16,19-20,22-23,25,27,29-32,35,46,49,55-56H,7-9,12,15,17-18,21,24,26,28,33-34,36-45,47-48,50-54H2,1-6H3,(H-,59,61,63,64)/b13-10-,14-11+,19-16+,23-20+,25-22+,29-27-,31-30+,35-32+,49-46+. The highest BCUT2D eigenvalue weighted by Crippen LogP contribution is 2.38. The third-order valence-electron chi connectivity index (χ3n) is 11.1. The van der Waals surface area contributed by atoms with E-state index in [9.17, 15) is 19.0 Å². The van der Waals surface area contributed by atoms with Crippen molar-refractivity contribution in [2.75, 3.05) is 40.9 Å². The highest BCUT2D eigenvalue weighted by molar-refractivity contribution is 7.45. The predicted molar refractivity (Wildman–Crippen MR) is 288 cm³/mol. The number of esters is 1. The number of carbonyl (C=O) groups excluding carboxylic acids is 2. The molecule has 0 rings (SSSR count). The maximum absolute atomic E-state index is 13.4. The number of allylic oxidation sites excluding steroid dienone is 17. The third kappa shape index (κ3) is 47.7. The lowest BCUT2D eigenvalue weighted by molar-refractivity contribution is -0.870. The van der Waals surface area contributed by atoms with Gasteiger partial charge in [0.15, 0.2) is 0 Å². The lowest BCUT2D eigenvalue weighted by Crippen LogP contribution is -2.47. The van der Waals surface area contributed by atoms with E-state index in [0.29, 0.717) is 23.9 Å². The zero-order chi connectivity index (χ0) is 50.1. The monoisotopic (exact) mass is 967 g/mol. The highest BCUT2D eigenvalue weighted by atomic mass is 31.2. The van der Waals surface area contributed by atoms with Gasteiger partial charge in [0, 0.05) is 12.8 Å². The van der Waals surface area contributed by atoms with Crippen LogP contribution >= 0.6 is 7.82 Å². The molecule has 0 heterocycles. The molecule has 10 heteroatoms. The van der Waals surface area contributed by atoms with Crippen molar-refractivity contribution in [1.82, 2.24) is 5.32 Å². The molecule has 0 spiro atoms. The topological polar surface area (TPSA) is 114 Å². The molecule has 3 unspecified atom stereocenters. The Morgan fingerprint density at radius 1 is 0.544 bits per heavy atom. The molecule has 1 N–H and O–H groups in total. The molecule has 0 aromatic heterocycles. The van der Waals surface area contributed by atoms with Crippen molar-refractivity contribution in [3.63, 3.8) is 0 Å². The van der Waals surface area contributed by atoms with Gasteiger partial charge in [-0.05, 0) is 76.7 Å². The number of quaternary nitrogens is 1. The summed E-state index contributed by atoms with van der Waals surface area (Å²) in [4.78, 5) is 39.7. The van der Waals surface area contributed by atoms with Gasteiger partial charge in [0.05, 0.1) is 33.8 Å². The van der Waals surface area contributed by atoms with Crippen LogP contribution in [0.5, 0.6) is 0 Å². The average Bonchev–Trinajstić information content (AvgIpc) is 3.29. The molecule has 68 heavy (non-hydrogen) atoms. The van der Waals surface area contributed by atoms with E-state index >= 15 is 0 Å². The van der Waals surface area contributed by atoms with Gasteiger partial charge >= 0.3 is 5.97 Å². The average molecular weight is 967 g/mol. The number of nitrogens with one attached hydrogen (secondary N) is 1. The Morgan fingerprint density at radius 3 is 1.59 bits per heavy atom. The van der Waals surface area contributed by atoms with Gasteiger partial charge in [-0.2, -0.15) is 0 Å². The van der Waals surface area contributed by atoms with Crippen LogP contribution < -0.4 is 10.2 Å². The first kappa shape index (κ1) is 64.7. The van der Waals surface area contributed by atoms with Crippen LogP contribution in [0.2, 0.25) is 0 Å². The molecule has 3 atom stereocenters. The highest BCUT2D eigenvalue weighted by Gasteiger charge is 2.27. The van der Waals surface area contributed by atoms with E-state index in [2.05, 4.69) is 62.5 Å². The van der Waals surface area contributed by atoms with Crippen LogP contribution in [0.3, 0.4) is 0 Å². The first-order chi connectivity index (χ1) is 32.9. The SMILES string of the molecule is CC\C=C/C=C/C=C/C=C\C=C\C=C\CCCCCC(=O)NC(COP(=O)([O-])OCC[N+](C)(C)C)C(/C=C/CCCCCCCCCCC)OC(=O)CCCCCCCCC/C=C/C/C=C/CC. The van der Waals surface area contributed by atoms with E-state index < -0.39 is 26.6 Å². The normalized spacial score (nSPS) is 14.8. The van der Waals surface area contributed by atoms with Crippen LogP contribution in [-0.4, -0.2) is 69.4 Å². The van der Waals surface area contributed by atoms with E-state index in [-0.39, 0.29) is 31.3 Å². The molecule has 1 amide bonds. The van der Waals surface area contributed by atoms with Gasteiger partial charge in [-0.1, -0.05) is 214 Å². The summed E-state index contributed by atoms with van der Waals surface area (Å²) in [6.07, 6.45) is 63.4. The van der Waals surface area contributed by atoms with Gasteiger partial charge in [0.2, 0.25) is 5.91 Å². The molecule has 0 saturated heterocycles. The predicted octanol–water partition coefficient (Wildman–Crippen LogP) is 15.2. The summed E-state index contributed by atoms with van der Waals surface area (Å²) in [5.41, 5.74) is 0. The Balaban J connectivity index is 5.50. The van der Waals surface area contributed by atoms with Crippen LogP contribution in [0.1, 0.15) is 194 Å². The molecule has 0 aliphatic carbocycles. The minimum Gasteiger partial charge on any atom is -0.756 e. The molecular weight excluding hydrogens is 868 g/mol. The van der Waals surface area contributed by atoms with Gasteiger partial charge in [0.25, 0.3) is 7.82 Å². The maximum atomic E-state index is 13.4. The summed E-state index contributed by atoms with van der Waals surface area (Å²) in [5, 5.41) is 2.98. The van der Waals surface area contributed by atoms with Gasteiger partial charge < -0.3 is 28.5 Å². The van der Waals surface area contributed by atoms with Gasteiger partial charge in [0.1, 0.15) is 19.3 Å². The van der Waals surface area contributed by atoms with E-state index in [1.54, 1.807) is 6.08 Å². The number of ether oxygens (including phenoxy) is 1. The van der Waals surface area contributed by atoms with E-state index in [1.807, 2.05) is 88.0 Å². The Kier molecular flexibility index (Phi) is 45.0. The summed E-state index contributed by atoms with van der Waals surface area (Å²) in [7, 11) is 1.13. The van der Waals surface area contributed by atoms with Crippen LogP contribution in [0, 0.1) is 0 Å². The summed E-state index contributed by atoms with van der Waals surface area (Å²) in [6.45, 7) is 6.51. The molecule has 0 aromatic carbocycles. The number of hydrogen-bond acceptors (Lipinski definition) is 7. The van der Waals surface area contributed by atoms with Gasteiger partial charge in [-0.3, -0.25) is 14.2 Å². The fourth-order valence-corrected chi connectivity index (χ4v) is 7.72. The van der Waals surface area contributed by atoms with Crippen LogP contribution in [0.4, 0.5) is 0 Å². The lowest BCUT2D eigenvalue weighted by atomic mass is 10.1. The number of rotatable bonds is 46. The maximum Gasteiger partial charge on any atom is 0.306 e. The number of nitrogens with zero attached hydrogens (tertiary/aromatic N) is 1. The smallest absolute Gasteiger partial charge is 0.306 e. The van der Waals surface area contributed by atoms with Crippen molar-refractivity contribution in [2.45, 2.75) is 206 Å². The first-order valence-corrected chi connectivity index (χ1v) is 28.2. The van der Waals surface area contributed by atoms with Crippen molar-refractivity contribution in [3.8, 4) is 0 Å². The Bertz CT molecular complexity index is 1530. The molecule has 9 nitrogen and oxygen atoms in total. The molecule has 0 aliphatic heterocycles. The number of phosphoric ester groups is 1. The van der Waals surface area contributed by atoms with Crippen molar-refractivity contribution < 1.29 is 37.3 Å². The Hall–Kier alpha value is -3.33. The second-order valence-electron chi connectivity index (χ2n) is 18.8. The van der Waals surface area contributed by atoms with E-state index in [1.165, 1.54) is 64.2 Å². The second-order valence-corrected chi connectivity index (χ2v) is 20.2. The fourth-order valence-electron chi connectivity index (χ4n) is 7.00.